The smallest absolute Gasteiger partial charge is 0.0897 e. The quantitative estimate of drug-likeness (QED) is 0.798. The summed E-state index contributed by atoms with van der Waals surface area (Å²) in [5, 5.41) is 4.41. The van der Waals surface area contributed by atoms with Crippen LogP contribution in [0.15, 0.2) is 5.38 Å². The summed E-state index contributed by atoms with van der Waals surface area (Å²) in [6.07, 6.45) is 3.38. The summed E-state index contributed by atoms with van der Waals surface area (Å²) in [7, 11) is 0. The van der Waals surface area contributed by atoms with E-state index in [0.29, 0.717) is 5.41 Å². The molecule has 2 rings (SSSR count). The molecule has 0 saturated carbocycles. The zero-order valence-electron chi connectivity index (χ0n) is 8.96. The fraction of sp³-hybridized carbons (Fsp3) is 0.727. The fourth-order valence-electron chi connectivity index (χ4n) is 2.04. The molecule has 0 radical (unpaired) electrons. The van der Waals surface area contributed by atoms with Crippen LogP contribution in [-0.2, 0) is 11.2 Å². The topological polar surface area (TPSA) is 22.1 Å². The molecule has 4 heteroatoms. The van der Waals surface area contributed by atoms with Crippen LogP contribution in [0.1, 0.15) is 23.5 Å². The zero-order chi connectivity index (χ0) is 10.7. The predicted octanol–water partition coefficient (Wildman–Crippen LogP) is 3.19. The average Bonchev–Trinajstić information content (AvgIpc) is 2.65. The van der Waals surface area contributed by atoms with Crippen LogP contribution < -0.4 is 0 Å². The van der Waals surface area contributed by atoms with Gasteiger partial charge in [-0.05, 0) is 31.6 Å². The Hall–Kier alpha value is 0.0700. The van der Waals surface area contributed by atoms with Gasteiger partial charge < -0.3 is 4.74 Å². The van der Waals surface area contributed by atoms with Crippen molar-refractivity contribution in [3.63, 3.8) is 0 Å². The molecule has 84 valence electrons. The maximum atomic E-state index is 5.43. The number of aromatic nitrogens is 1. The van der Waals surface area contributed by atoms with E-state index >= 15 is 0 Å². The third kappa shape index (κ3) is 2.80. The molecule has 1 aromatic heterocycles. The van der Waals surface area contributed by atoms with E-state index in [1.165, 1.54) is 10.7 Å². The Bertz CT molecular complexity index is 320. The highest BCUT2D eigenvalue weighted by Crippen LogP contribution is 2.36. The number of alkyl halides is 1. The van der Waals surface area contributed by atoms with Gasteiger partial charge in [0.25, 0.3) is 0 Å². The highest BCUT2D eigenvalue weighted by Gasteiger charge is 2.32. The second kappa shape index (κ2) is 4.93. The normalized spacial score (nSPS) is 20.4. The minimum atomic E-state index is 0.374. The van der Waals surface area contributed by atoms with Gasteiger partial charge in [0.1, 0.15) is 0 Å². The van der Waals surface area contributed by atoms with Gasteiger partial charge in [-0.15, -0.1) is 11.3 Å². The molecule has 0 atom stereocenters. The van der Waals surface area contributed by atoms with E-state index in [-0.39, 0.29) is 0 Å². The van der Waals surface area contributed by atoms with Crippen molar-refractivity contribution in [3.8, 4) is 0 Å². The number of thiazole rings is 1. The van der Waals surface area contributed by atoms with Crippen LogP contribution in [0.3, 0.4) is 0 Å². The highest BCUT2D eigenvalue weighted by molar-refractivity contribution is 9.09. The van der Waals surface area contributed by atoms with E-state index < -0.39 is 0 Å². The molecule has 0 spiro atoms. The second-order valence-corrected chi connectivity index (χ2v) is 5.90. The Labute approximate surface area is 103 Å². The summed E-state index contributed by atoms with van der Waals surface area (Å²) in [6.45, 7) is 3.86. The first kappa shape index (κ1) is 11.6. The molecule has 1 aliphatic heterocycles. The van der Waals surface area contributed by atoms with Crippen LogP contribution in [0, 0.1) is 12.3 Å². The summed E-state index contributed by atoms with van der Waals surface area (Å²) in [5.74, 6) is 0. The van der Waals surface area contributed by atoms with Crippen LogP contribution in [0.25, 0.3) is 0 Å². The molecule has 0 aliphatic carbocycles. The minimum absolute atomic E-state index is 0.374. The summed E-state index contributed by atoms with van der Waals surface area (Å²) in [5.41, 5.74) is 1.62. The first-order valence-electron chi connectivity index (χ1n) is 5.29. The number of nitrogens with zero attached hydrogens (tertiary/aromatic N) is 1. The molecule has 0 aromatic carbocycles. The van der Waals surface area contributed by atoms with Gasteiger partial charge in [0.2, 0.25) is 0 Å². The van der Waals surface area contributed by atoms with E-state index in [9.17, 15) is 0 Å². The van der Waals surface area contributed by atoms with Crippen molar-refractivity contribution in [2.75, 3.05) is 18.5 Å². The molecular weight excluding hydrogens is 274 g/mol. The van der Waals surface area contributed by atoms with Crippen molar-refractivity contribution in [2.24, 2.45) is 5.41 Å². The number of ether oxygens (including phenoxy) is 1. The van der Waals surface area contributed by atoms with Gasteiger partial charge in [0.05, 0.1) is 10.7 Å². The highest BCUT2D eigenvalue weighted by atomic mass is 79.9. The Morgan fingerprint density at radius 2 is 2.27 bits per heavy atom. The predicted molar refractivity (Wildman–Crippen MR) is 66.8 cm³/mol. The molecule has 2 heterocycles. The van der Waals surface area contributed by atoms with Crippen molar-refractivity contribution < 1.29 is 4.74 Å². The fourth-order valence-corrected chi connectivity index (χ4v) is 3.41. The molecule has 0 N–H and O–H groups in total. The number of rotatable bonds is 3. The standard InChI is InChI=1S/C11H16BrNOS/c1-9-13-10(7-15-9)6-11(8-12)2-4-14-5-3-11/h7H,2-6,8H2,1H3. The molecule has 15 heavy (non-hydrogen) atoms. The molecule has 0 unspecified atom stereocenters. The SMILES string of the molecule is Cc1nc(CC2(CBr)CCOCC2)cs1. The minimum Gasteiger partial charge on any atom is -0.381 e. The molecule has 1 saturated heterocycles. The third-order valence-electron chi connectivity index (χ3n) is 3.06. The van der Waals surface area contributed by atoms with E-state index in [0.717, 1.165) is 37.8 Å². The average molecular weight is 290 g/mol. The number of hydrogen-bond donors (Lipinski definition) is 0. The lowest BCUT2D eigenvalue weighted by atomic mass is 9.78. The molecule has 2 nitrogen and oxygen atoms in total. The van der Waals surface area contributed by atoms with Crippen molar-refractivity contribution in [1.82, 2.24) is 4.98 Å². The first-order chi connectivity index (χ1) is 7.24. The van der Waals surface area contributed by atoms with Crippen LogP contribution in [-0.4, -0.2) is 23.5 Å². The summed E-state index contributed by atoms with van der Waals surface area (Å²) < 4.78 is 5.43. The Kier molecular flexibility index (Phi) is 3.80. The Morgan fingerprint density at radius 1 is 1.53 bits per heavy atom. The number of hydrogen-bond acceptors (Lipinski definition) is 3. The maximum Gasteiger partial charge on any atom is 0.0897 e. The molecule has 0 amide bonds. The van der Waals surface area contributed by atoms with Crippen LogP contribution in [0.2, 0.25) is 0 Å². The third-order valence-corrected chi connectivity index (χ3v) is 5.07. The van der Waals surface area contributed by atoms with Gasteiger partial charge in [-0.1, -0.05) is 15.9 Å². The van der Waals surface area contributed by atoms with Crippen molar-refractivity contribution >= 4 is 27.3 Å². The van der Waals surface area contributed by atoms with E-state index in [1.807, 2.05) is 0 Å². The molecule has 1 aliphatic rings. The van der Waals surface area contributed by atoms with E-state index in [1.54, 1.807) is 11.3 Å². The van der Waals surface area contributed by atoms with E-state index in [4.69, 9.17) is 4.74 Å². The van der Waals surface area contributed by atoms with Gasteiger partial charge in [-0.2, -0.15) is 0 Å². The van der Waals surface area contributed by atoms with Gasteiger partial charge in [-0.3, -0.25) is 0 Å². The first-order valence-corrected chi connectivity index (χ1v) is 7.29. The Morgan fingerprint density at radius 3 is 2.80 bits per heavy atom. The van der Waals surface area contributed by atoms with E-state index in [2.05, 4.69) is 33.2 Å². The lowest BCUT2D eigenvalue weighted by Gasteiger charge is -2.35. The lowest BCUT2D eigenvalue weighted by molar-refractivity contribution is 0.0266. The van der Waals surface area contributed by atoms with Gasteiger partial charge >= 0.3 is 0 Å². The molecule has 0 bridgehead atoms. The zero-order valence-corrected chi connectivity index (χ0v) is 11.4. The van der Waals surface area contributed by atoms with Crippen molar-refractivity contribution in [1.29, 1.82) is 0 Å². The van der Waals surface area contributed by atoms with Crippen LogP contribution >= 0.6 is 27.3 Å². The van der Waals surface area contributed by atoms with Gasteiger partial charge in [-0.25, -0.2) is 4.98 Å². The summed E-state index contributed by atoms with van der Waals surface area (Å²) in [4.78, 5) is 4.55. The van der Waals surface area contributed by atoms with Gasteiger partial charge in [0.15, 0.2) is 0 Å². The lowest BCUT2D eigenvalue weighted by Crippen LogP contribution is -2.33. The maximum absolute atomic E-state index is 5.43. The number of aryl methyl sites for hydroxylation is 1. The molecular formula is C11H16BrNOS. The molecule has 1 aromatic rings. The molecule has 1 fully saturated rings. The monoisotopic (exact) mass is 289 g/mol. The Balaban J connectivity index is 2.06. The van der Waals surface area contributed by atoms with Crippen molar-refractivity contribution in [3.05, 3.63) is 16.1 Å². The number of halogens is 1. The van der Waals surface area contributed by atoms with Crippen LogP contribution in [0.5, 0.6) is 0 Å². The second-order valence-electron chi connectivity index (χ2n) is 4.28. The summed E-state index contributed by atoms with van der Waals surface area (Å²) in [6, 6.07) is 0. The largest absolute Gasteiger partial charge is 0.381 e. The van der Waals surface area contributed by atoms with Crippen LogP contribution in [0.4, 0.5) is 0 Å². The van der Waals surface area contributed by atoms with Crippen molar-refractivity contribution in [2.45, 2.75) is 26.2 Å². The summed E-state index contributed by atoms with van der Waals surface area (Å²) >= 11 is 5.40. The van der Waals surface area contributed by atoms with Gasteiger partial charge in [0, 0.05) is 23.9 Å².